The highest BCUT2D eigenvalue weighted by molar-refractivity contribution is 7.91. The van der Waals surface area contributed by atoms with Gasteiger partial charge < -0.3 is 15.4 Å². The fourth-order valence-corrected chi connectivity index (χ4v) is 3.62. The molecule has 1 fully saturated rings. The van der Waals surface area contributed by atoms with E-state index in [2.05, 4.69) is 10.6 Å². The van der Waals surface area contributed by atoms with Crippen molar-refractivity contribution in [3.63, 3.8) is 0 Å². The van der Waals surface area contributed by atoms with Gasteiger partial charge in [-0.15, -0.1) is 0 Å². The summed E-state index contributed by atoms with van der Waals surface area (Å²) in [7, 11) is -1.50. The van der Waals surface area contributed by atoms with Crippen LogP contribution >= 0.6 is 0 Å². The number of methoxy groups -OCH3 is 1. The number of para-hydroxylation sites is 2. The number of carbonyl (C=O) groups is 1. The van der Waals surface area contributed by atoms with Crippen LogP contribution in [0.15, 0.2) is 24.3 Å². The van der Waals surface area contributed by atoms with Crippen molar-refractivity contribution < 1.29 is 17.9 Å². The zero-order valence-electron chi connectivity index (χ0n) is 11.3. The summed E-state index contributed by atoms with van der Waals surface area (Å²) >= 11 is 0. The maximum atomic E-state index is 12.0. The van der Waals surface area contributed by atoms with Crippen LogP contribution in [0.3, 0.4) is 0 Å². The van der Waals surface area contributed by atoms with Gasteiger partial charge in [-0.1, -0.05) is 12.1 Å². The number of amides is 1. The number of rotatable bonds is 4. The highest BCUT2D eigenvalue weighted by Gasteiger charge is 2.26. The Labute approximate surface area is 118 Å². The minimum atomic E-state index is -3.03. The van der Waals surface area contributed by atoms with E-state index in [1.807, 2.05) is 6.07 Å². The van der Waals surface area contributed by atoms with Crippen molar-refractivity contribution in [2.24, 2.45) is 0 Å². The summed E-state index contributed by atoms with van der Waals surface area (Å²) in [4.78, 5) is 12.0. The number of sulfone groups is 1. The van der Waals surface area contributed by atoms with Gasteiger partial charge in [0.25, 0.3) is 0 Å². The van der Waals surface area contributed by atoms with Crippen molar-refractivity contribution in [1.82, 2.24) is 5.32 Å². The third kappa shape index (κ3) is 3.94. The third-order valence-corrected chi connectivity index (χ3v) is 4.85. The van der Waals surface area contributed by atoms with Crippen LogP contribution in [-0.4, -0.2) is 45.5 Å². The van der Waals surface area contributed by atoms with E-state index in [0.29, 0.717) is 18.0 Å². The second kappa shape index (κ2) is 6.23. The molecule has 6 nitrogen and oxygen atoms in total. The first-order valence-electron chi connectivity index (χ1n) is 6.37. The second-order valence-corrected chi connectivity index (χ2v) is 6.95. The lowest BCUT2D eigenvalue weighted by Gasteiger charge is -2.23. The van der Waals surface area contributed by atoms with Crippen molar-refractivity contribution in [1.29, 1.82) is 0 Å². The Bertz CT molecular complexity index is 586. The Morgan fingerprint density at radius 2 is 2.20 bits per heavy atom. The van der Waals surface area contributed by atoms with Crippen LogP contribution in [0.2, 0.25) is 0 Å². The summed E-state index contributed by atoms with van der Waals surface area (Å²) in [5.41, 5.74) is 0.582. The van der Waals surface area contributed by atoms with E-state index in [9.17, 15) is 13.2 Å². The Morgan fingerprint density at radius 1 is 1.45 bits per heavy atom. The van der Waals surface area contributed by atoms with Gasteiger partial charge in [-0.25, -0.2) is 8.42 Å². The number of anilines is 1. The number of hydrogen-bond acceptors (Lipinski definition) is 5. The average Bonchev–Trinajstić information content (AvgIpc) is 2.38. The van der Waals surface area contributed by atoms with Crippen molar-refractivity contribution in [3.8, 4) is 5.75 Å². The molecule has 1 unspecified atom stereocenters. The molecule has 20 heavy (non-hydrogen) atoms. The van der Waals surface area contributed by atoms with Gasteiger partial charge in [0.2, 0.25) is 5.91 Å². The Balaban J connectivity index is 1.95. The summed E-state index contributed by atoms with van der Waals surface area (Å²) in [6.45, 7) is 0.398. The molecule has 0 saturated carbocycles. The number of nitrogens with one attached hydrogen (secondary N) is 2. The molecule has 0 bridgehead atoms. The van der Waals surface area contributed by atoms with Gasteiger partial charge in [0.15, 0.2) is 9.84 Å². The molecule has 1 aliphatic heterocycles. The topological polar surface area (TPSA) is 84.5 Å². The van der Waals surface area contributed by atoms with Gasteiger partial charge in [0.1, 0.15) is 5.75 Å². The zero-order chi connectivity index (χ0) is 14.6. The second-order valence-electron chi connectivity index (χ2n) is 4.72. The Kier molecular flexibility index (Phi) is 4.61. The standard InChI is InChI=1S/C13H18N2O4S/c1-19-12-5-3-2-4-11(12)15-13(16)8-10-9-20(17,18)7-6-14-10/h2-5,10,14H,6-9H2,1H3,(H,15,16). The van der Waals surface area contributed by atoms with Crippen LogP contribution in [-0.2, 0) is 14.6 Å². The van der Waals surface area contributed by atoms with Crippen LogP contribution in [0.1, 0.15) is 6.42 Å². The smallest absolute Gasteiger partial charge is 0.226 e. The van der Waals surface area contributed by atoms with E-state index in [0.717, 1.165) is 0 Å². The molecule has 1 aromatic rings. The first-order valence-corrected chi connectivity index (χ1v) is 8.19. The molecule has 1 aromatic carbocycles. The Hall–Kier alpha value is -1.60. The zero-order valence-corrected chi connectivity index (χ0v) is 12.1. The van der Waals surface area contributed by atoms with Crippen molar-refractivity contribution in [3.05, 3.63) is 24.3 Å². The number of hydrogen-bond donors (Lipinski definition) is 2. The Morgan fingerprint density at radius 3 is 2.90 bits per heavy atom. The molecule has 1 atom stereocenters. The van der Waals surface area contributed by atoms with Crippen molar-refractivity contribution in [2.75, 3.05) is 30.5 Å². The molecule has 1 aliphatic rings. The summed E-state index contributed by atoms with van der Waals surface area (Å²) in [5, 5.41) is 5.79. The first-order chi connectivity index (χ1) is 9.50. The summed E-state index contributed by atoms with van der Waals surface area (Å²) in [6.07, 6.45) is 0.122. The molecular weight excluding hydrogens is 280 g/mol. The SMILES string of the molecule is COc1ccccc1NC(=O)CC1CS(=O)(=O)CCN1. The maximum Gasteiger partial charge on any atom is 0.226 e. The lowest BCUT2D eigenvalue weighted by molar-refractivity contribution is -0.116. The molecule has 0 spiro atoms. The minimum Gasteiger partial charge on any atom is -0.495 e. The molecule has 7 heteroatoms. The van der Waals surface area contributed by atoms with Gasteiger partial charge in [-0.3, -0.25) is 4.79 Å². The summed E-state index contributed by atoms with van der Waals surface area (Å²) < 4.78 is 28.2. The number of benzene rings is 1. The van der Waals surface area contributed by atoms with E-state index in [1.165, 1.54) is 7.11 Å². The molecule has 0 radical (unpaired) electrons. The minimum absolute atomic E-state index is 0.00629. The third-order valence-electron chi connectivity index (χ3n) is 3.11. The average molecular weight is 298 g/mol. The van der Waals surface area contributed by atoms with Gasteiger partial charge in [-0.2, -0.15) is 0 Å². The number of carbonyl (C=O) groups excluding carboxylic acids is 1. The molecule has 1 amide bonds. The lowest BCUT2D eigenvalue weighted by Crippen LogP contribution is -2.46. The van der Waals surface area contributed by atoms with Gasteiger partial charge in [-0.05, 0) is 12.1 Å². The van der Waals surface area contributed by atoms with Crippen molar-refractivity contribution >= 4 is 21.4 Å². The normalized spacial score (nSPS) is 21.1. The van der Waals surface area contributed by atoms with Crippen LogP contribution in [0.25, 0.3) is 0 Å². The molecule has 0 aromatic heterocycles. The van der Waals surface area contributed by atoms with Crippen molar-refractivity contribution in [2.45, 2.75) is 12.5 Å². The molecule has 110 valence electrons. The molecule has 1 heterocycles. The van der Waals surface area contributed by atoms with E-state index in [-0.39, 0.29) is 29.9 Å². The molecular formula is C13H18N2O4S. The molecule has 2 rings (SSSR count). The molecule has 0 aliphatic carbocycles. The lowest BCUT2D eigenvalue weighted by atomic mass is 10.2. The monoisotopic (exact) mass is 298 g/mol. The molecule has 2 N–H and O–H groups in total. The fraction of sp³-hybridized carbons (Fsp3) is 0.462. The number of ether oxygens (including phenoxy) is 1. The van der Waals surface area contributed by atoms with E-state index < -0.39 is 9.84 Å². The van der Waals surface area contributed by atoms with Gasteiger partial charge in [0.05, 0.1) is 24.3 Å². The van der Waals surface area contributed by atoms with E-state index in [1.54, 1.807) is 18.2 Å². The summed E-state index contributed by atoms with van der Waals surface area (Å²) in [5.74, 6) is 0.485. The highest BCUT2D eigenvalue weighted by atomic mass is 32.2. The van der Waals surface area contributed by atoms with E-state index in [4.69, 9.17) is 4.74 Å². The fourth-order valence-electron chi connectivity index (χ4n) is 2.17. The largest absolute Gasteiger partial charge is 0.495 e. The van der Waals surface area contributed by atoms with E-state index >= 15 is 0 Å². The maximum absolute atomic E-state index is 12.0. The van der Waals surface area contributed by atoms with Crippen LogP contribution in [0.4, 0.5) is 5.69 Å². The predicted octanol–water partition coefficient (Wildman–Crippen LogP) is 0.410. The van der Waals surface area contributed by atoms with Crippen LogP contribution < -0.4 is 15.4 Å². The van der Waals surface area contributed by atoms with Gasteiger partial charge in [0, 0.05) is 19.0 Å². The van der Waals surface area contributed by atoms with Crippen LogP contribution in [0.5, 0.6) is 5.75 Å². The first kappa shape index (κ1) is 14.8. The predicted molar refractivity (Wildman–Crippen MR) is 76.7 cm³/mol. The van der Waals surface area contributed by atoms with Gasteiger partial charge >= 0.3 is 0 Å². The summed E-state index contributed by atoms with van der Waals surface area (Å²) in [6, 6.07) is 6.76. The molecule has 1 saturated heterocycles. The van der Waals surface area contributed by atoms with Crippen LogP contribution in [0, 0.1) is 0 Å². The highest BCUT2D eigenvalue weighted by Crippen LogP contribution is 2.23. The quantitative estimate of drug-likeness (QED) is 0.841.